The molecule has 1 N–H and O–H groups in total. The van der Waals surface area contributed by atoms with Gasteiger partial charge < -0.3 is 5.11 Å². The Morgan fingerprint density at radius 1 is 0.955 bits per heavy atom. The Hall–Kier alpha value is -0.370. The second-order valence-electron chi connectivity index (χ2n) is 9.71. The first-order chi connectivity index (χ1) is 10.3. The molecule has 0 amide bonds. The topological polar surface area (TPSA) is 37.3 Å². The number of Topliss-reactive ketones (excluding diaryl/α,β-unsaturated/α-hetero) is 1. The van der Waals surface area contributed by atoms with Gasteiger partial charge in [0, 0.05) is 11.8 Å². The summed E-state index contributed by atoms with van der Waals surface area (Å²) in [6.07, 6.45) is 9.95. The number of rotatable bonds is 0. The smallest absolute Gasteiger partial charge is 0.139 e. The molecular weight excluding hydrogens is 272 g/mol. The van der Waals surface area contributed by atoms with Gasteiger partial charge in [0.05, 0.1) is 6.10 Å². The van der Waals surface area contributed by atoms with E-state index in [4.69, 9.17) is 0 Å². The number of carbonyl (C=O) groups is 1. The van der Waals surface area contributed by atoms with Crippen molar-refractivity contribution >= 4 is 5.78 Å². The average Bonchev–Trinajstić information content (AvgIpc) is 2.76. The van der Waals surface area contributed by atoms with Gasteiger partial charge in [0.25, 0.3) is 0 Å². The van der Waals surface area contributed by atoms with Gasteiger partial charge in [-0.05, 0) is 80.0 Å². The zero-order chi connectivity index (χ0) is 15.8. The summed E-state index contributed by atoms with van der Waals surface area (Å²) in [5.74, 6) is 2.74. The highest BCUT2D eigenvalue weighted by molar-refractivity contribution is 5.87. The Labute approximate surface area is 135 Å². The lowest BCUT2D eigenvalue weighted by atomic mass is 9.40. The number of aliphatic hydroxyl groups is 1. The highest BCUT2D eigenvalue weighted by Crippen LogP contribution is 2.69. The monoisotopic (exact) mass is 304 g/mol. The molecule has 0 saturated heterocycles. The van der Waals surface area contributed by atoms with Crippen LogP contribution in [-0.2, 0) is 4.79 Å². The molecule has 2 nitrogen and oxygen atoms in total. The van der Waals surface area contributed by atoms with Crippen LogP contribution in [0.2, 0.25) is 0 Å². The predicted molar refractivity (Wildman–Crippen MR) is 87.4 cm³/mol. The first-order valence-electron chi connectivity index (χ1n) is 9.52. The van der Waals surface area contributed by atoms with Gasteiger partial charge in [-0.2, -0.15) is 0 Å². The van der Waals surface area contributed by atoms with Gasteiger partial charge >= 0.3 is 0 Å². The summed E-state index contributed by atoms with van der Waals surface area (Å²) in [4.78, 5) is 12.4. The molecular formula is C20H32O2. The molecule has 4 fully saturated rings. The minimum Gasteiger partial charge on any atom is -0.393 e. The fourth-order valence-electron chi connectivity index (χ4n) is 7.38. The molecule has 4 rings (SSSR count). The van der Waals surface area contributed by atoms with Crippen LogP contribution < -0.4 is 0 Å². The van der Waals surface area contributed by atoms with Crippen molar-refractivity contribution in [1.82, 2.24) is 0 Å². The Bertz CT molecular complexity index is 500. The molecule has 0 aromatic heterocycles. The third kappa shape index (κ3) is 1.74. The number of fused-ring (bicyclic) bond motifs is 5. The number of carbonyl (C=O) groups excluding carboxylic acids is 1. The van der Waals surface area contributed by atoms with E-state index in [0.717, 1.165) is 43.9 Å². The third-order valence-electron chi connectivity index (χ3n) is 9.06. The van der Waals surface area contributed by atoms with Crippen molar-refractivity contribution in [3.8, 4) is 0 Å². The number of hydrogen-bond acceptors (Lipinski definition) is 2. The van der Waals surface area contributed by atoms with E-state index < -0.39 is 0 Å². The minimum atomic E-state index is -0.0865. The van der Waals surface area contributed by atoms with E-state index in [-0.39, 0.29) is 11.5 Å². The first-order valence-corrected chi connectivity index (χ1v) is 9.52. The van der Waals surface area contributed by atoms with Gasteiger partial charge in [-0.25, -0.2) is 0 Å². The van der Waals surface area contributed by atoms with E-state index in [1.54, 1.807) is 0 Å². The van der Waals surface area contributed by atoms with Crippen LogP contribution in [0.5, 0.6) is 0 Å². The lowest BCUT2D eigenvalue weighted by Crippen LogP contribution is -2.58. The Kier molecular flexibility index (Phi) is 3.16. The first kappa shape index (κ1) is 15.2. The van der Waals surface area contributed by atoms with Gasteiger partial charge in [-0.15, -0.1) is 0 Å². The van der Waals surface area contributed by atoms with Gasteiger partial charge in [-0.3, -0.25) is 4.79 Å². The molecule has 0 bridgehead atoms. The minimum absolute atomic E-state index is 0.000547. The molecule has 124 valence electrons. The average molecular weight is 304 g/mol. The molecule has 7 atom stereocenters. The summed E-state index contributed by atoms with van der Waals surface area (Å²) >= 11 is 0. The van der Waals surface area contributed by atoms with Crippen molar-refractivity contribution in [2.24, 2.45) is 34.0 Å². The largest absolute Gasteiger partial charge is 0.393 e. The predicted octanol–water partition coefficient (Wildman–Crippen LogP) is 4.35. The standard InChI is InChI=1S/C20H32O2/c1-18-9-7-14-15-4-5-17(22)19(15,2)10-8-16(14)20(18,3)11-6-13(21)12-18/h13-16,21H,4-12H2,1-3H3/t13-,14-,15+,16-,18-,19+,20-/m1/s1. The lowest BCUT2D eigenvalue weighted by Gasteiger charge is -2.64. The maximum atomic E-state index is 12.4. The Balaban J connectivity index is 1.68. The zero-order valence-corrected chi connectivity index (χ0v) is 14.5. The van der Waals surface area contributed by atoms with Crippen molar-refractivity contribution in [3.05, 3.63) is 0 Å². The van der Waals surface area contributed by atoms with Crippen LogP contribution in [0.3, 0.4) is 0 Å². The maximum Gasteiger partial charge on any atom is 0.139 e. The molecule has 4 saturated carbocycles. The fraction of sp³-hybridized carbons (Fsp3) is 0.950. The number of ketones is 1. The van der Waals surface area contributed by atoms with E-state index in [0.29, 0.717) is 22.5 Å². The van der Waals surface area contributed by atoms with Crippen LogP contribution in [0, 0.1) is 34.0 Å². The summed E-state index contributed by atoms with van der Waals surface area (Å²) in [7, 11) is 0. The molecule has 0 aromatic rings. The fourth-order valence-corrected chi connectivity index (χ4v) is 7.38. The van der Waals surface area contributed by atoms with Crippen molar-refractivity contribution in [1.29, 1.82) is 0 Å². The summed E-state index contributed by atoms with van der Waals surface area (Å²) in [6.45, 7) is 7.23. The lowest BCUT2D eigenvalue weighted by molar-refractivity contribution is -0.169. The quantitative estimate of drug-likeness (QED) is 0.722. The highest BCUT2D eigenvalue weighted by atomic mass is 16.3. The summed E-state index contributed by atoms with van der Waals surface area (Å²) in [5.41, 5.74) is 0.684. The molecule has 0 aliphatic heterocycles. The Morgan fingerprint density at radius 3 is 2.50 bits per heavy atom. The normalized spacial score (nSPS) is 57.9. The second kappa shape index (κ2) is 4.59. The SMILES string of the molecule is C[C@]12CC[C@H]3[C@@H](CC[C@]4(C)C(=O)CC[C@@H]34)[C@@]1(C)CC[C@@H](O)C2. The molecule has 0 heterocycles. The molecule has 0 aromatic carbocycles. The summed E-state index contributed by atoms with van der Waals surface area (Å²) in [6, 6.07) is 0. The van der Waals surface area contributed by atoms with Crippen molar-refractivity contribution in [2.75, 3.05) is 0 Å². The molecule has 22 heavy (non-hydrogen) atoms. The molecule has 0 spiro atoms. The van der Waals surface area contributed by atoms with Crippen LogP contribution in [0.25, 0.3) is 0 Å². The third-order valence-corrected chi connectivity index (χ3v) is 9.06. The maximum absolute atomic E-state index is 12.4. The number of hydrogen-bond donors (Lipinski definition) is 1. The molecule has 4 aliphatic rings. The van der Waals surface area contributed by atoms with E-state index in [1.165, 1.54) is 25.7 Å². The molecule has 4 aliphatic carbocycles. The Morgan fingerprint density at radius 2 is 1.73 bits per heavy atom. The van der Waals surface area contributed by atoms with E-state index >= 15 is 0 Å². The van der Waals surface area contributed by atoms with E-state index in [9.17, 15) is 9.90 Å². The number of aliphatic hydroxyl groups excluding tert-OH is 1. The van der Waals surface area contributed by atoms with Crippen molar-refractivity contribution in [3.63, 3.8) is 0 Å². The van der Waals surface area contributed by atoms with Crippen molar-refractivity contribution < 1.29 is 9.90 Å². The second-order valence-corrected chi connectivity index (χ2v) is 9.71. The van der Waals surface area contributed by atoms with Crippen molar-refractivity contribution in [2.45, 2.75) is 84.7 Å². The summed E-state index contributed by atoms with van der Waals surface area (Å²) < 4.78 is 0. The van der Waals surface area contributed by atoms with Crippen LogP contribution in [0.4, 0.5) is 0 Å². The van der Waals surface area contributed by atoms with E-state index in [1.807, 2.05) is 0 Å². The van der Waals surface area contributed by atoms with Gasteiger partial charge in [0.1, 0.15) is 5.78 Å². The highest BCUT2D eigenvalue weighted by Gasteiger charge is 2.63. The molecule has 0 radical (unpaired) electrons. The summed E-state index contributed by atoms with van der Waals surface area (Å²) in [5, 5.41) is 10.2. The van der Waals surface area contributed by atoms with Crippen LogP contribution >= 0.6 is 0 Å². The van der Waals surface area contributed by atoms with Gasteiger partial charge in [0.15, 0.2) is 0 Å². The van der Waals surface area contributed by atoms with Gasteiger partial charge in [0.2, 0.25) is 0 Å². The molecule has 2 heteroatoms. The zero-order valence-electron chi connectivity index (χ0n) is 14.5. The van der Waals surface area contributed by atoms with Crippen LogP contribution in [0.15, 0.2) is 0 Å². The van der Waals surface area contributed by atoms with Gasteiger partial charge in [-0.1, -0.05) is 20.8 Å². The van der Waals surface area contributed by atoms with Crippen LogP contribution in [0.1, 0.15) is 78.6 Å². The molecule has 0 unspecified atom stereocenters. The van der Waals surface area contributed by atoms with Crippen LogP contribution in [-0.4, -0.2) is 17.0 Å². The van der Waals surface area contributed by atoms with E-state index in [2.05, 4.69) is 20.8 Å².